The first-order valence-corrected chi connectivity index (χ1v) is 7.86. The number of rotatable bonds is 14. The van der Waals surface area contributed by atoms with Crippen LogP contribution in [0.1, 0.15) is 33.6 Å². The van der Waals surface area contributed by atoms with Crippen LogP contribution in [0.3, 0.4) is 0 Å². The molecule has 0 aromatic heterocycles. The van der Waals surface area contributed by atoms with Crippen LogP contribution in [0.2, 0.25) is 0 Å². The number of hydrogen-bond acceptors (Lipinski definition) is 5. The zero-order valence-corrected chi connectivity index (χ0v) is 14.1. The molecule has 1 amide bonds. The lowest BCUT2D eigenvalue weighted by molar-refractivity contribution is -0.123. The van der Waals surface area contributed by atoms with Crippen molar-refractivity contribution < 1.29 is 14.3 Å². The van der Waals surface area contributed by atoms with Gasteiger partial charge >= 0.3 is 0 Å². The normalized spacial score (nSPS) is 14.3. The van der Waals surface area contributed by atoms with Gasteiger partial charge < -0.3 is 20.5 Å². The molecular formula is C15H33N3O3. The summed E-state index contributed by atoms with van der Waals surface area (Å²) in [6.07, 6.45) is 1.62. The maximum Gasteiger partial charge on any atom is 0.237 e. The molecule has 0 bridgehead atoms. The first kappa shape index (κ1) is 20.3. The number of ether oxygens (including phenoxy) is 2. The summed E-state index contributed by atoms with van der Waals surface area (Å²) in [6, 6.07) is 0. The molecule has 0 rings (SSSR count). The average Bonchev–Trinajstić information content (AvgIpc) is 2.46. The number of carbonyl (C=O) groups is 1. The van der Waals surface area contributed by atoms with Gasteiger partial charge in [-0.05, 0) is 47.2 Å². The fourth-order valence-electron chi connectivity index (χ4n) is 2.04. The first-order valence-electron chi connectivity index (χ1n) is 7.86. The van der Waals surface area contributed by atoms with E-state index in [4.69, 9.17) is 15.2 Å². The van der Waals surface area contributed by atoms with E-state index in [9.17, 15) is 4.79 Å². The number of nitrogens with zero attached hydrogens (tertiary/aromatic N) is 1. The van der Waals surface area contributed by atoms with E-state index in [2.05, 4.69) is 10.2 Å². The fourth-order valence-corrected chi connectivity index (χ4v) is 2.04. The van der Waals surface area contributed by atoms with Gasteiger partial charge in [0.1, 0.15) is 0 Å². The molecule has 126 valence electrons. The molecule has 6 nitrogen and oxygen atoms in total. The Morgan fingerprint density at radius 1 is 1.14 bits per heavy atom. The van der Waals surface area contributed by atoms with Gasteiger partial charge in [-0.1, -0.05) is 0 Å². The van der Waals surface area contributed by atoms with Crippen molar-refractivity contribution in [2.45, 2.75) is 39.2 Å². The molecule has 0 spiro atoms. The molecule has 0 aromatic rings. The Morgan fingerprint density at radius 3 is 2.05 bits per heavy atom. The summed E-state index contributed by atoms with van der Waals surface area (Å²) in [7, 11) is 1.77. The number of likely N-dealkylation sites (N-methyl/N-ethyl adjacent to an activating group) is 1. The molecule has 0 aliphatic carbocycles. The van der Waals surface area contributed by atoms with Gasteiger partial charge in [-0.2, -0.15) is 0 Å². The Labute approximate surface area is 129 Å². The van der Waals surface area contributed by atoms with Crippen LogP contribution >= 0.6 is 0 Å². The highest BCUT2D eigenvalue weighted by molar-refractivity contribution is 5.84. The molecule has 0 saturated heterocycles. The average molecular weight is 303 g/mol. The van der Waals surface area contributed by atoms with Gasteiger partial charge in [-0.25, -0.2) is 0 Å². The van der Waals surface area contributed by atoms with Gasteiger partial charge in [0, 0.05) is 26.3 Å². The summed E-state index contributed by atoms with van der Waals surface area (Å²) >= 11 is 0. The molecule has 0 fully saturated rings. The van der Waals surface area contributed by atoms with Crippen LogP contribution in [0.5, 0.6) is 0 Å². The second kappa shape index (κ2) is 11.9. The van der Waals surface area contributed by atoms with Crippen molar-refractivity contribution in [3.8, 4) is 0 Å². The number of carbonyl (C=O) groups excluding carboxylic acids is 1. The second-order valence-corrected chi connectivity index (χ2v) is 5.29. The lowest BCUT2D eigenvalue weighted by Crippen LogP contribution is -2.51. The number of nitrogens with one attached hydrogen (secondary N) is 1. The minimum atomic E-state index is -0.633. The number of nitrogens with two attached hydrogens (primary N) is 1. The van der Waals surface area contributed by atoms with Crippen molar-refractivity contribution >= 4 is 5.91 Å². The van der Waals surface area contributed by atoms with Crippen molar-refractivity contribution in [1.29, 1.82) is 0 Å². The third-order valence-electron chi connectivity index (χ3n) is 3.76. The summed E-state index contributed by atoms with van der Waals surface area (Å²) in [5.41, 5.74) is 4.81. The molecule has 3 N–H and O–H groups in total. The molecule has 21 heavy (non-hydrogen) atoms. The first-order chi connectivity index (χ1) is 10.00. The topological polar surface area (TPSA) is 76.8 Å². The molecule has 1 unspecified atom stereocenters. The van der Waals surface area contributed by atoms with Gasteiger partial charge in [0.15, 0.2) is 0 Å². The second-order valence-electron chi connectivity index (χ2n) is 5.29. The summed E-state index contributed by atoms with van der Waals surface area (Å²) < 4.78 is 10.8. The summed E-state index contributed by atoms with van der Waals surface area (Å²) in [4.78, 5) is 13.8. The Morgan fingerprint density at radius 2 is 1.67 bits per heavy atom. The van der Waals surface area contributed by atoms with Crippen molar-refractivity contribution in [2.75, 3.05) is 53.1 Å². The Balaban J connectivity index is 4.16. The Bertz CT molecular complexity index is 267. The quantitative estimate of drug-likeness (QED) is 0.460. The Hall–Kier alpha value is -0.690. The third kappa shape index (κ3) is 9.03. The minimum Gasteiger partial charge on any atom is -0.380 e. The van der Waals surface area contributed by atoms with Crippen molar-refractivity contribution in [2.24, 2.45) is 5.73 Å². The largest absolute Gasteiger partial charge is 0.380 e. The van der Waals surface area contributed by atoms with Gasteiger partial charge in [-0.3, -0.25) is 9.69 Å². The molecule has 1 atom stereocenters. The number of primary amides is 1. The minimum absolute atomic E-state index is 0.305. The van der Waals surface area contributed by atoms with Crippen LogP contribution in [0.4, 0.5) is 0 Å². The van der Waals surface area contributed by atoms with E-state index in [1.807, 2.05) is 20.8 Å². The molecule has 0 saturated carbocycles. The predicted octanol–water partition coefficient (Wildman–Crippen LogP) is 0.605. The van der Waals surface area contributed by atoms with Crippen LogP contribution < -0.4 is 11.1 Å². The van der Waals surface area contributed by atoms with E-state index in [0.29, 0.717) is 0 Å². The molecule has 0 aromatic carbocycles. The summed E-state index contributed by atoms with van der Waals surface area (Å²) in [6.45, 7) is 11.4. The van der Waals surface area contributed by atoms with Gasteiger partial charge in [0.05, 0.1) is 18.8 Å². The van der Waals surface area contributed by atoms with Crippen LogP contribution in [0, 0.1) is 0 Å². The van der Waals surface area contributed by atoms with Crippen LogP contribution in [-0.4, -0.2) is 69.5 Å². The van der Waals surface area contributed by atoms with Gasteiger partial charge in [0.2, 0.25) is 5.91 Å². The highest BCUT2D eigenvalue weighted by atomic mass is 16.5. The van der Waals surface area contributed by atoms with Crippen LogP contribution in [-0.2, 0) is 14.3 Å². The van der Waals surface area contributed by atoms with Gasteiger partial charge in [0.25, 0.3) is 0 Å². The van der Waals surface area contributed by atoms with Crippen molar-refractivity contribution in [3.05, 3.63) is 0 Å². The standard InChI is InChI=1S/C15H33N3O3/c1-5-20-12-10-18(11-13-21-6-2)9-7-8-15(3,17-4)14(16)19/h17H,5-13H2,1-4H3,(H2,16,19). The zero-order chi connectivity index (χ0) is 16.1. The summed E-state index contributed by atoms with van der Waals surface area (Å²) in [5.74, 6) is -0.305. The van der Waals surface area contributed by atoms with Crippen LogP contribution in [0.25, 0.3) is 0 Å². The SMILES string of the molecule is CCOCCN(CCCC(C)(NC)C(N)=O)CCOCC. The van der Waals surface area contributed by atoms with E-state index in [-0.39, 0.29) is 5.91 Å². The van der Waals surface area contributed by atoms with E-state index < -0.39 is 5.54 Å². The van der Waals surface area contributed by atoms with E-state index in [0.717, 1.165) is 58.9 Å². The maximum absolute atomic E-state index is 11.5. The Kier molecular flexibility index (Phi) is 11.5. The number of amides is 1. The van der Waals surface area contributed by atoms with Gasteiger partial charge in [-0.15, -0.1) is 0 Å². The van der Waals surface area contributed by atoms with Crippen molar-refractivity contribution in [3.63, 3.8) is 0 Å². The zero-order valence-electron chi connectivity index (χ0n) is 14.1. The smallest absolute Gasteiger partial charge is 0.237 e. The maximum atomic E-state index is 11.5. The van der Waals surface area contributed by atoms with Crippen LogP contribution in [0.15, 0.2) is 0 Å². The highest BCUT2D eigenvalue weighted by Gasteiger charge is 2.28. The monoisotopic (exact) mass is 303 g/mol. The fraction of sp³-hybridized carbons (Fsp3) is 0.933. The molecule has 6 heteroatoms. The lowest BCUT2D eigenvalue weighted by Gasteiger charge is -2.27. The number of hydrogen-bond donors (Lipinski definition) is 2. The molecule has 0 aliphatic rings. The van der Waals surface area contributed by atoms with E-state index >= 15 is 0 Å². The lowest BCUT2D eigenvalue weighted by atomic mass is 9.95. The predicted molar refractivity (Wildman–Crippen MR) is 85.3 cm³/mol. The molecule has 0 aliphatic heterocycles. The molecular weight excluding hydrogens is 270 g/mol. The summed E-state index contributed by atoms with van der Waals surface area (Å²) in [5, 5.41) is 3.01. The van der Waals surface area contributed by atoms with E-state index in [1.165, 1.54) is 0 Å². The molecule has 0 heterocycles. The highest BCUT2D eigenvalue weighted by Crippen LogP contribution is 2.11. The van der Waals surface area contributed by atoms with E-state index in [1.54, 1.807) is 7.05 Å². The van der Waals surface area contributed by atoms with Crippen molar-refractivity contribution in [1.82, 2.24) is 10.2 Å². The third-order valence-corrected chi connectivity index (χ3v) is 3.76. The molecule has 0 radical (unpaired) electrons.